The van der Waals surface area contributed by atoms with Crippen LogP contribution >= 0.6 is 0 Å². The zero-order valence-electron chi connectivity index (χ0n) is 17.9. The SMILES string of the molecule is CO[C@@H]1CN(C(=O)c2cc(C)ccc2C)C[C@H]1Oc1cc(F)cc(COS(C)(=O)=O)c1. The largest absolute Gasteiger partial charge is 0.486 e. The van der Waals surface area contributed by atoms with Crippen LogP contribution in [0, 0.1) is 19.7 Å². The molecule has 7 nitrogen and oxygen atoms in total. The van der Waals surface area contributed by atoms with Gasteiger partial charge in [0.15, 0.2) is 0 Å². The molecule has 0 aliphatic carbocycles. The van der Waals surface area contributed by atoms with Crippen LogP contribution in [0.5, 0.6) is 5.75 Å². The number of hydrogen-bond acceptors (Lipinski definition) is 6. The molecule has 2 aromatic rings. The van der Waals surface area contributed by atoms with E-state index < -0.39 is 28.1 Å². The molecule has 1 heterocycles. The number of methoxy groups -OCH3 is 1. The van der Waals surface area contributed by atoms with E-state index in [9.17, 15) is 17.6 Å². The highest BCUT2D eigenvalue weighted by Gasteiger charge is 2.37. The minimum atomic E-state index is -3.66. The molecule has 0 spiro atoms. The van der Waals surface area contributed by atoms with Crippen molar-refractivity contribution in [2.45, 2.75) is 32.7 Å². The third-order valence-electron chi connectivity index (χ3n) is 5.09. The van der Waals surface area contributed by atoms with Crippen molar-refractivity contribution in [1.29, 1.82) is 0 Å². The van der Waals surface area contributed by atoms with Crippen LogP contribution in [-0.4, -0.2) is 57.9 Å². The summed E-state index contributed by atoms with van der Waals surface area (Å²) in [6.07, 6.45) is 0.0186. The fraction of sp³-hybridized carbons (Fsp3) is 0.409. The van der Waals surface area contributed by atoms with Gasteiger partial charge in [-0.05, 0) is 43.2 Å². The van der Waals surface area contributed by atoms with Gasteiger partial charge >= 0.3 is 0 Å². The molecule has 1 aliphatic heterocycles. The number of halogens is 1. The molecule has 168 valence electrons. The molecule has 2 aromatic carbocycles. The van der Waals surface area contributed by atoms with Crippen LogP contribution in [-0.2, 0) is 25.6 Å². The molecule has 0 N–H and O–H groups in total. The Balaban J connectivity index is 1.75. The summed E-state index contributed by atoms with van der Waals surface area (Å²) >= 11 is 0. The van der Waals surface area contributed by atoms with Crippen molar-refractivity contribution in [2.75, 3.05) is 26.5 Å². The molecule has 31 heavy (non-hydrogen) atoms. The Bertz CT molecular complexity index is 1070. The van der Waals surface area contributed by atoms with Gasteiger partial charge in [-0.1, -0.05) is 17.7 Å². The first-order chi connectivity index (χ1) is 14.6. The molecule has 0 bridgehead atoms. The summed E-state index contributed by atoms with van der Waals surface area (Å²) < 4.78 is 52.6. The highest BCUT2D eigenvalue weighted by molar-refractivity contribution is 7.85. The van der Waals surface area contributed by atoms with Crippen molar-refractivity contribution in [3.8, 4) is 5.75 Å². The third kappa shape index (κ3) is 6.03. The summed E-state index contributed by atoms with van der Waals surface area (Å²) in [5, 5.41) is 0. The topological polar surface area (TPSA) is 82.1 Å². The smallest absolute Gasteiger partial charge is 0.264 e. The lowest BCUT2D eigenvalue weighted by molar-refractivity contribution is 0.0337. The molecule has 1 aliphatic rings. The number of aryl methyl sites for hydroxylation is 2. The summed E-state index contributed by atoms with van der Waals surface area (Å²) in [5.41, 5.74) is 2.82. The van der Waals surface area contributed by atoms with Crippen LogP contribution < -0.4 is 4.74 Å². The van der Waals surface area contributed by atoms with E-state index in [4.69, 9.17) is 13.7 Å². The molecule has 0 unspecified atom stereocenters. The Hall–Kier alpha value is -2.49. The summed E-state index contributed by atoms with van der Waals surface area (Å²) in [4.78, 5) is 14.7. The van der Waals surface area contributed by atoms with Crippen LogP contribution in [0.15, 0.2) is 36.4 Å². The first-order valence-electron chi connectivity index (χ1n) is 9.75. The predicted molar refractivity (Wildman–Crippen MR) is 113 cm³/mol. The Morgan fingerprint density at radius 3 is 2.52 bits per heavy atom. The molecule has 2 atom stereocenters. The molecule has 1 fully saturated rings. The monoisotopic (exact) mass is 451 g/mol. The number of benzene rings is 2. The van der Waals surface area contributed by atoms with Crippen LogP contribution in [0.3, 0.4) is 0 Å². The van der Waals surface area contributed by atoms with Gasteiger partial charge in [0.2, 0.25) is 0 Å². The first-order valence-corrected chi connectivity index (χ1v) is 11.6. The van der Waals surface area contributed by atoms with E-state index in [1.165, 1.54) is 25.3 Å². The second-order valence-corrected chi connectivity index (χ2v) is 9.36. The van der Waals surface area contributed by atoms with Gasteiger partial charge in [-0.15, -0.1) is 0 Å². The number of nitrogens with zero attached hydrogens (tertiary/aromatic N) is 1. The van der Waals surface area contributed by atoms with Crippen LogP contribution in [0.4, 0.5) is 4.39 Å². The average Bonchev–Trinajstić information content (AvgIpc) is 3.09. The maximum Gasteiger partial charge on any atom is 0.264 e. The second-order valence-electron chi connectivity index (χ2n) is 7.72. The Kier molecular flexibility index (Phi) is 6.98. The molecule has 1 amide bonds. The molecular formula is C22H26FNO6S. The average molecular weight is 452 g/mol. The Morgan fingerprint density at radius 2 is 1.84 bits per heavy atom. The van der Waals surface area contributed by atoms with Crippen LogP contribution in [0.1, 0.15) is 27.0 Å². The number of carbonyl (C=O) groups is 1. The lowest BCUT2D eigenvalue weighted by Crippen LogP contribution is -2.32. The van der Waals surface area contributed by atoms with Gasteiger partial charge < -0.3 is 14.4 Å². The van der Waals surface area contributed by atoms with Crippen LogP contribution in [0.25, 0.3) is 0 Å². The minimum Gasteiger partial charge on any atom is -0.486 e. The number of amides is 1. The van der Waals surface area contributed by atoms with Crippen molar-refractivity contribution in [3.05, 3.63) is 64.5 Å². The van der Waals surface area contributed by atoms with Crippen molar-refractivity contribution in [1.82, 2.24) is 4.90 Å². The summed E-state index contributed by atoms with van der Waals surface area (Å²) in [5.74, 6) is -0.490. The second kappa shape index (κ2) is 9.33. The van der Waals surface area contributed by atoms with E-state index in [0.717, 1.165) is 17.4 Å². The minimum absolute atomic E-state index is 0.115. The maximum absolute atomic E-state index is 14.0. The molecular weight excluding hydrogens is 425 g/mol. The van der Waals surface area contributed by atoms with Gasteiger partial charge in [-0.3, -0.25) is 8.98 Å². The zero-order valence-corrected chi connectivity index (χ0v) is 18.7. The lowest BCUT2D eigenvalue weighted by atomic mass is 10.0. The molecule has 9 heteroatoms. The van der Waals surface area contributed by atoms with Crippen molar-refractivity contribution >= 4 is 16.0 Å². The summed E-state index contributed by atoms with van der Waals surface area (Å²) in [7, 11) is -2.13. The van der Waals surface area contributed by atoms with E-state index in [2.05, 4.69) is 0 Å². The quantitative estimate of drug-likeness (QED) is 0.602. The molecule has 0 saturated carbocycles. The third-order valence-corrected chi connectivity index (χ3v) is 5.63. The summed E-state index contributed by atoms with van der Waals surface area (Å²) in [6.45, 7) is 4.13. The summed E-state index contributed by atoms with van der Waals surface area (Å²) in [6, 6.07) is 9.61. The number of ether oxygens (including phenoxy) is 2. The number of rotatable bonds is 7. The van der Waals surface area contributed by atoms with Crippen molar-refractivity contribution < 1.29 is 31.3 Å². The van der Waals surface area contributed by atoms with E-state index in [-0.39, 0.29) is 24.8 Å². The molecule has 3 rings (SSSR count). The number of hydrogen-bond donors (Lipinski definition) is 0. The van der Waals surface area contributed by atoms with Gasteiger partial charge in [0.1, 0.15) is 23.8 Å². The predicted octanol–water partition coefficient (Wildman–Crippen LogP) is 2.84. The zero-order chi connectivity index (χ0) is 22.8. The van der Waals surface area contributed by atoms with Gasteiger partial charge in [0, 0.05) is 18.7 Å². The highest BCUT2D eigenvalue weighted by Crippen LogP contribution is 2.25. The lowest BCUT2D eigenvalue weighted by Gasteiger charge is -2.19. The van der Waals surface area contributed by atoms with E-state index in [1.807, 2.05) is 32.0 Å². The normalized spacial score (nSPS) is 18.9. The highest BCUT2D eigenvalue weighted by atomic mass is 32.2. The fourth-order valence-corrected chi connectivity index (χ4v) is 3.86. The van der Waals surface area contributed by atoms with E-state index in [1.54, 1.807) is 4.90 Å². The Morgan fingerprint density at radius 1 is 1.13 bits per heavy atom. The van der Waals surface area contributed by atoms with Gasteiger partial charge in [0.05, 0.1) is 26.0 Å². The molecule has 1 saturated heterocycles. The Labute approximate surface area is 181 Å². The number of likely N-dealkylation sites (tertiary alicyclic amines) is 1. The van der Waals surface area contributed by atoms with E-state index >= 15 is 0 Å². The van der Waals surface area contributed by atoms with Crippen molar-refractivity contribution in [3.63, 3.8) is 0 Å². The van der Waals surface area contributed by atoms with Gasteiger partial charge in [-0.2, -0.15) is 8.42 Å². The molecule has 0 radical (unpaired) electrons. The fourth-order valence-electron chi connectivity index (χ4n) is 3.51. The maximum atomic E-state index is 14.0. The standard InChI is InChI=1S/C22H26FNO6S/c1-14-5-6-15(2)19(7-14)22(25)24-11-20(28-3)21(12-24)30-18-9-16(8-17(23)10-18)13-29-31(4,26)27/h5-10,20-21H,11-13H2,1-4H3/t20-,21-/m1/s1. The van der Waals surface area contributed by atoms with E-state index in [0.29, 0.717) is 17.7 Å². The number of carbonyl (C=O) groups excluding carboxylic acids is 1. The van der Waals surface area contributed by atoms with Crippen molar-refractivity contribution in [2.24, 2.45) is 0 Å². The first kappa shape index (κ1) is 23.2. The molecule has 0 aromatic heterocycles. The van der Waals surface area contributed by atoms with Crippen LogP contribution in [0.2, 0.25) is 0 Å². The van der Waals surface area contributed by atoms with Gasteiger partial charge in [-0.25, -0.2) is 4.39 Å². The van der Waals surface area contributed by atoms with Gasteiger partial charge in [0.25, 0.3) is 16.0 Å².